The molecule has 86 valence electrons. The molecule has 0 radical (unpaired) electrons. The predicted molar refractivity (Wildman–Crippen MR) is 60.3 cm³/mol. The van der Waals surface area contributed by atoms with Gasteiger partial charge < -0.3 is 19.9 Å². The molecule has 1 unspecified atom stereocenters. The van der Waals surface area contributed by atoms with E-state index in [-0.39, 0.29) is 6.61 Å². The molecule has 2 aromatic rings. The molecule has 1 atom stereocenters. The summed E-state index contributed by atoms with van der Waals surface area (Å²) in [7, 11) is 0. The number of aromatic nitrogens is 1. The number of rotatable bonds is 4. The molecule has 3 N–H and O–H groups in total. The summed E-state index contributed by atoms with van der Waals surface area (Å²) in [6, 6.07) is 5.52. The van der Waals surface area contributed by atoms with Crippen LogP contribution in [0.4, 0.5) is 5.69 Å². The van der Waals surface area contributed by atoms with Crippen molar-refractivity contribution < 1.29 is 14.6 Å². The number of nitrogens with one attached hydrogen (secondary N) is 1. The quantitative estimate of drug-likeness (QED) is 0.716. The summed E-state index contributed by atoms with van der Waals surface area (Å²) in [6.07, 6.45) is -0.757. The molecule has 2 rings (SSSR count). The van der Waals surface area contributed by atoms with E-state index in [4.69, 9.17) is 9.52 Å². The molecule has 0 amide bonds. The van der Waals surface area contributed by atoms with Crippen molar-refractivity contribution in [3.8, 4) is 0 Å². The minimum atomic E-state index is -0.757. The highest BCUT2D eigenvalue weighted by atomic mass is 16.3. The largest absolute Gasteiger partial charge is 0.441 e. The molecule has 0 saturated carbocycles. The van der Waals surface area contributed by atoms with Crippen molar-refractivity contribution in [1.82, 2.24) is 4.98 Å². The Kier molecular flexibility index (Phi) is 3.07. The third-order valence-corrected chi connectivity index (χ3v) is 2.25. The van der Waals surface area contributed by atoms with E-state index < -0.39 is 6.10 Å². The van der Waals surface area contributed by atoms with Crippen LogP contribution in [0, 0.1) is 6.92 Å². The van der Waals surface area contributed by atoms with Gasteiger partial charge in [-0.1, -0.05) is 0 Å². The van der Waals surface area contributed by atoms with Crippen molar-refractivity contribution in [3.05, 3.63) is 24.1 Å². The number of hydrogen-bond donors (Lipinski definition) is 3. The van der Waals surface area contributed by atoms with Crippen LogP contribution in [0.3, 0.4) is 0 Å². The molecular formula is C11H14N2O3. The Morgan fingerprint density at radius 2 is 2.31 bits per heavy atom. The van der Waals surface area contributed by atoms with Gasteiger partial charge >= 0.3 is 0 Å². The Hall–Kier alpha value is -1.59. The molecule has 0 bridgehead atoms. The summed E-state index contributed by atoms with van der Waals surface area (Å²) in [6.45, 7) is 1.84. The van der Waals surface area contributed by atoms with Gasteiger partial charge in [0.05, 0.1) is 12.7 Å². The SMILES string of the molecule is Cc1nc2ccc(NCC(O)CO)cc2o1. The van der Waals surface area contributed by atoms with Crippen LogP contribution >= 0.6 is 0 Å². The highest BCUT2D eigenvalue weighted by Gasteiger charge is 2.04. The summed E-state index contributed by atoms with van der Waals surface area (Å²) in [5, 5.41) is 20.9. The Morgan fingerprint density at radius 1 is 1.50 bits per heavy atom. The lowest BCUT2D eigenvalue weighted by Gasteiger charge is -2.09. The van der Waals surface area contributed by atoms with Gasteiger partial charge in [0, 0.05) is 25.2 Å². The maximum absolute atomic E-state index is 9.19. The van der Waals surface area contributed by atoms with Gasteiger partial charge in [-0.25, -0.2) is 4.98 Å². The van der Waals surface area contributed by atoms with Crippen LogP contribution in [0.5, 0.6) is 0 Å². The first-order chi connectivity index (χ1) is 7.69. The fourth-order valence-corrected chi connectivity index (χ4v) is 1.45. The van der Waals surface area contributed by atoms with E-state index in [1.54, 1.807) is 6.92 Å². The van der Waals surface area contributed by atoms with Gasteiger partial charge in [-0.15, -0.1) is 0 Å². The first-order valence-electron chi connectivity index (χ1n) is 5.09. The van der Waals surface area contributed by atoms with Gasteiger partial charge in [-0.05, 0) is 12.1 Å². The summed E-state index contributed by atoms with van der Waals surface area (Å²) < 4.78 is 5.38. The van der Waals surface area contributed by atoms with Crippen molar-refractivity contribution in [2.75, 3.05) is 18.5 Å². The maximum atomic E-state index is 9.19. The Morgan fingerprint density at radius 3 is 3.06 bits per heavy atom. The number of nitrogens with zero attached hydrogens (tertiary/aromatic N) is 1. The second-order valence-electron chi connectivity index (χ2n) is 3.63. The Bertz CT molecular complexity index is 481. The number of fused-ring (bicyclic) bond motifs is 1. The minimum Gasteiger partial charge on any atom is -0.441 e. The molecule has 16 heavy (non-hydrogen) atoms. The highest BCUT2D eigenvalue weighted by Crippen LogP contribution is 2.19. The molecule has 1 aromatic carbocycles. The van der Waals surface area contributed by atoms with Gasteiger partial charge in [-0.2, -0.15) is 0 Å². The fourth-order valence-electron chi connectivity index (χ4n) is 1.45. The highest BCUT2D eigenvalue weighted by molar-refractivity contribution is 5.77. The molecule has 0 saturated heterocycles. The van der Waals surface area contributed by atoms with E-state index >= 15 is 0 Å². The molecule has 5 nitrogen and oxygen atoms in total. The number of hydrogen-bond acceptors (Lipinski definition) is 5. The smallest absolute Gasteiger partial charge is 0.192 e. The average molecular weight is 222 g/mol. The number of benzene rings is 1. The van der Waals surface area contributed by atoms with Crippen molar-refractivity contribution in [3.63, 3.8) is 0 Å². The van der Waals surface area contributed by atoms with Crippen molar-refractivity contribution >= 4 is 16.8 Å². The Balaban J connectivity index is 2.13. The van der Waals surface area contributed by atoms with E-state index in [1.807, 2.05) is 18.2 Å². The maximum Gasteiger partial charge on any atom is 0.192 e. The van der Waals surface area contributed by atoms with Crippen molar-refractivity contribution in [2.45, 2.75) is 13.0 Å². The summed E-state index contributed by atoms with van der Waals surface area (Å²) in [5.41, 5.74) is 2.35. The van der Waals surface area contributed by atoms with Crippen LogP contribution in [0.2, 0.25) is 0 Å². The van der Waals surface area contributed by atoms with Crippen molar-refractivity contribution in [1.29, 1.82) is 0 Å². The van der Waals surface area contributed by atoms with Gasteiger partial charge in [0.1, 0.15) is 5.52 Å². The molecule has 0 fully saturated rings. The first kappa shape index (κ1) is 10.9. The number of anilines is 1. The molecule has 1 aromatic heterocycles. The van der Waals surface area contributed by atoms with Crippen LogP contribution < -0.4 is 5.32 Å². The normalized spacial score (nSPS) is 12.9. The summed E-state index contributed by atoms with van der Waals surface area (Å²) in [5.74, 6) is 0.627. The molecule has 0 aliphatic carbocycles. The van der Waals surface area contributed by atoms with Gasteiger partial charge in [-0.3, -0.25) is 0 Å². The summed E-state index contributed by atoms with van der Waals surface area (Å²) in [4.78, 5) is 4.18. The number of aliphatic hydroxyl groups is 2. The van der Waals surface area contributed by atoms with E-state index in [9.17, 15) is 5.11 Å². The van der Waals surface area contributed by atoms with Crippen LogP contribution in [0.25, 0.3) is 11.1 Å². The van der Waals surface area contributed by atoms with E-state index in [0.29, 0.717) is 18.0 Å². The van der Waals surface area contributed by atoms with Crippen LogP contribution in [0.1, 0.15) is 5.89 Å². The van der Waals surface area contributed by atoms with Crippen LogP contribution in [-0.2, 0) is 0 Å². The molecule has 5 heteroatoms. The number of aliphatic hydroxyl groups excluding tert-OH is 2. The second-order valence-corrected chi connectivity index (χ2v) is 3.63. The Labute approximate surface area is 92.7 Å². The molecule has 0 aliphatic heterocycles. The summed E-state index contributed by atoms with van der Waals surface area (Å²) >= 11 is 0. The zero-order valence-electron chi connectivity index (χ0n) is 8.97. The van der Waals surface area contributed by atoms with Gasteiger partial charge in [0.25, 0.3) is 0 Å². The van der Waals surface area contributed by atoms with E-state index in [2.05, 4.69) is 10.3 Å². The van der Waals surface area contributed by atoms with Crippen LogP contribution in [-0.4, -0.2) is 34.5 Å². The number of oxazole rings is 1. The lowest BCUT2D eigenvalue weighted by atomic mass is 10.2. The zero-order valence-corrected chi connectivity index (χ0v) is 8.97. The lowest BCUT2D eigenvalue weighted by Crippen LogP contribution is -2.22. The standard InChI is InChI=1S/C11H14N2O3/c1-7-13-10-3-2-8(4-11(10)16-7)12-5-9(15)6-14/h2-4,9,12,14-15H,5-6H2,1H3. The first-order valence-corrected chi connectivity index (χ1v) is 5.09. The van der Waals surface area contributed by atoms with Gasteiger partial charge in [0.15, 0.2) is 11.5 Å². The zero-order chi connectivity index (χ0) is 11.5. The topological polar surface area (TPSA) is 78.5 Å². The molecular weight excluding hydrogens is 208 g/mol. The monoisotopic (exact) mass is 222 g/mol. The fraction of sp³-hybridized carbons (Fsp3) is 0.364. The van der Waals surface area contributed by atoms with E-state index in [1.165, 1.54) is 0 Å². The lowest BCUT2D eigenvalue weighted by molar-refractivity contribution is 0.105. The average Bonchev–Trinajstić information content (AvgIpc) is 2.65. The number of aryl methyl sites for hydroxylation is 1. The third-order valence-electron chi connectivity index (χ3n) is 2.25. The molecule has 0 spiro atoms. The third kappa shape index (κ3) is 2.32. The van der Waals surface area contributed by atoms with Gasteiger partial charge in [0.2, 0.25) is 0 Å². The molecule has 1 heterocycles. The van der Waals surface area contributed by atoms with Crippen LogP contribution in [0.15, 0.2) is 22.6 Å². The van der Waals surface area contributed by atoms with E-state index in [0.717, 1.165) is 11.2 Å². The minimum absolute atomic E-state index is 0.253. The second kappa shape index (κ2) is 4.51. The van der Waals surface area contributed by atoms with Crippen molar-refractivity contribution in [2.24, 2.45) is 0 Å². The molecule has 0 aliphatic rings. The predicted octanol–water partition coefficient (Wildman–Crippen LogP) is 0.901.